The molecule has 0 bridgehead atoms. The lowest BCUT2D eigenvalue weighted by molar-refractivity contribution is 0.0851. The molecule has 0 radical (unpaired) electrons. The van der Waals surface area contributed by atoms with E-state index in [0.29, 0.717) is 5.41 Å². The van der Waals surface area contributed by atoms with Crippen LogP contribution in [-0.4, -0.2) is 37.6 Å². The first kappa shape index (κ1) is 18.0. The summed E-state index contributed by atoms with van der Waals surface area (Å²) in [5.74, 6) is 0.878. The molecule has 1 aliphatic carbocycles. The molecule has 120 valence electrons. The second kappa shape index (κ2) is 9.04. The Balaban J connectivity index is 2.53. The van der Waals surface area contributed by atoms with Crippen LogP contribution in [0.5, 0.6) is 0 Å². The van der Waals surface area contributed by atoms with E-state index in [4.69, 9.17) is 0 Å². The van der Waals surface area contributed by atoms with Gasteiger partial charge in [-0.25, -0.2) is 0 Å². The van der Waals surface area contributed by atoms with Gasteiger partial charge in [-0.15, -0.1) is 0 Å². The van der Waals surface area contributed by atoms with Crippen molar-refractivity contribution in [2.75, 3.05) is 26.7 Å². The topological polar surface area (TPSA) is 15.3 Å². The van der Waals surface area contributed by atoms with Crippen molar-refractivity contribution in [1.29, 1.82) is 0 Å². The Bertz CT molecular complexity index is 254. The normalized spacial score (nSPS) is 26.7. The Kier molecular flexibility index (Phi) is 8.13. The van der Waals surface area contributed by atoms with Crippen LogP contribution >= 0.6 is 0 Å². The minimum Gasteiger partial charge on any atom is -0.316 e. The number of rotatable bonds is 9. The van der Waals surface area contributed by atoms with E-state index in [1.54, 1.807) is 0 Å². The maximum absolute atomic E-state index is 3.65. The van der Waals surface area contributed by atoms with Gasteiger partial charge in [0.05, 0.1) is 0 Å². The Hall–Kier alpha value is -0.0800. The van der Waals surface area contributed by atoms with Crippen molar-refractivity contribution in [1.82, 2.24) is 10.2 Å². The van der Waals surface area contributed by atoms with Crippen LogP contribution in [0.1, 0.15) is 72.6 Å². The highest BCUT2D eigenvalue weighted by Gasteiger charge is 2.30. The molecule has 1 fully saturated rings. The number of nitrogens with one attached hydrogen (secondary N) is 1. The Morgan fingerprint density at radius 2 is 1.85 bits per heavy atom. The molecule has 1 N–H and O–H groups in total. The zero-order valence-corrected chi connectivity index (χ0v) is 14.7. The SMILES string of the molecule is CCCNCC(C)(CCC)CN(C)C1CCCCC1C. The fraction of sp³-hybridized carbons (Fsp3) is 1.00. The first-order valence-corrected chi connectivity index (χ1v) is 8.93. The molecule has 2 heteroatoms. The molecule has 3 unspecified atom stereocenters. The standard InChI is InChI=1S/C18H38N2/c1-6-12-18(4,14-19-13-7-2)15-20(5)17-11-9-8-10-16(17)3/h16-17,19H,6-15H2,1-5H3. The highest BCUT2D eigenvalue weighted by atomic mass is 15.1. The molecule has 0 spiro atoms. The summed E-state index contributed by atoms with van der Waals surface area (Å²) >= 11 is 0. The van der Waals surface area contributed by atoms with Crippen LogP contribution in [0.2, 0.25) is 0 Å². The number of hydrogen-bond donors (Lipinski definition) is 1. The lowest BCUT2D eigenvalue weighted by atomic mass is 9.81. The van der Waals surface area contributed by atoms with E-state index in [1.165, 1.54) is 58.0 Å². The van der Waals surface area contributed by atoms with Crippen molar-refractivity contribution in [3.05, 3.63) is 0 Å². The Morgan fingerprint density at radius 1 is 1.15 bits per heavy atom. The molecule has 0 aromatic heterocycles. The highest BCUT2D eigenvalue weighted by Crippen LogP contribution is 2.31. The van der Waals surface area contributed by atoms with Crippen molar-refractivity contribution in [3.8, 4) is 0 Å². The molecule has 3 atom stereocenters. The minimum absolute atomic E-state index is 0.426. The summed E-state index contributed by atoms with van der Waals surface area (Å²) in [5.41, 5.74) is 0.426. The van der Waals surface area contributed by atoms with Gasteiger partial charge in [0.15, 0.2) is 0 Å². The summed E-state index contributed by atoms with van der Waals surface area (Å²) in [6, 6.07) is 0.811. The van der Waals surface area contributed by atoms with E-state index < -0.39 is 0 Å². The van der Waals surface area contributed by atoms with Crippen molar-refractivity contribution in [2.24, 2.45) is 11.3 Å². The summed E-state index contributed by atoms with van der Waals surface area (Å²) in [4.78, 5) is 2.67. The maximum Gasteiger partial charge on any atom is 0.0118 e. The summed E-state index contributed by atoms with van der Waals surface area (Å²) in [6.45, 7) is 13.1. The van der Waals surface area contributed by atoms with E-state index >= 15 is 0 Å². The Morgan fingerprint density at radius 3 is 2.45 bits per heavy atom. The molecule has 0 saturated heterocycles. The average molecular weight is 283 g/mol. The second-order valence-electron chi connectivity index (χ2n) is 7.48. The third-order valence-corrected chi connectivity index (χ3v) is 5.10. The van der Waals surface area contributed by atoms with Crippen LogP contribution in [0.25, 0.3) is 0 Å². The van der Waals surface area contributed by atoms with Crippen LogP contribution < -0.4 is 5.32 Å². The highest BCUT2D eigenvalue weighted by molar-refractivity contribution is 4.85. The molecular weight excluding hydrogens is 244 g/mol. The molecule has 0 aliphatic heterocycles. The van der Waals surface area contributed by atoms with Crippen molar-refractivity contribution in [3.63, 3.8) is 0 Å². The van der Waals surface area contributed by atoms with Gasteiger partial charge in [0.1, 0.15) is 0 Å². The van der Waals surface area contributed by atoms with E-state index in [1.807, 2.05) is 0 Å². The van der Waals surface area contributed by atoms with Crippen molar-refractivity contribution in [2.45, 2.75) is 78.7 Å². The molecule has 0 aromatic rings. The predicted octanol–water partition coefficient (Wildman–Crippen LogP) is 4.30. The van der Waals surface area contributed by atoms with Crippen molar-refractivity contribution >= 4 is 0 Å². The molecule has 1 aliphatic rings. The zero-order chi connectivity index (χ0) is 15.0. The van der Waals surface area contributed by atoms with Crippen LogP contribution in [0.4, 0.5) is 0 Å². The third-order valence-electron chi connectivity index (χ3n) is 5.10. The zero-order valence-electron chi connectivity index (χ0n) is 14.7. The molecule has 0 amide bonds. The van der Waals surface area contributed by atoms with Crippen molar-refractivity contribution < 1.29 is 0 Å². The summed E-state index contributed by atoms with van der Waals surface area (Å²) in [7, 11) is 2.36. The van der Waals surface area contributed by atoms with Gasteiger partial charge < -0.3 is 10.2 Å². The first-order chi connectivity index (χ1) is 9.52. The molecule has 1 rings (SSSR count). The van der Waals surface area contributed by atoms with Gasteiger partial charge in [-0.3, -0.25) is 0 Å². The molecule has 20 heavy (non-hydrogen) atoms. The van der Waals surface area contributed by atoms with Gasteiger partial charge in [0.25, 0.3) is 0 Å². The maximum atomic E-state index is 3.65. The quantitative estimate of drug-likeness (QED) is 0.634. The molecule has 2 nitrogen and oxygen atoms in total. The smallest absolute Gasteiger partial charge is 0.0118 e. The minimum atomic E-state index is 0.426. The second-order valence-corrected chi connectivity index (χ2v) is 7.48. The molecular formula is C18H38N2. The fourth-order valence-electron chi connectivity index (χ4n) is 4.06. The third kappa shape index (κ3) is 5.73. The number of nitrogens with zero attached hydrogens (tertiary/aromatic N) is 1. The summed E-state index contributed by atoms with van der Waals surface area (Å²) < 4.78 is 0. The molecule has 0 heterocycles. The fourth-order valence-corrected chi connectivity index (χ4v) is 4.06. The van der Waals surface area contributed by atoms with Crippen LogP contribution in [-0.2, 0) is 0 Å². The lowest BCUT2D eigenvalue weighted by Gasteiger charge is -2.41. The van der Waals surface area contributed by atoms with Gasteiger partial charge >= 0.3 is 0 Å². The van der Waals surface area contributed by atoms with Gasteiger partial charge in [-0.2, -0.15) is 0 Å². The van der Waals surface area contributed by atoms with E-state index in [-0.39, 0.29) is 0 Å². The summed E-state index contributed by atoms with van der Waals surface area (Å²) in [6.07, 6.45) is 9.55. The van der Waals surface area contributed by atoms with Crippen LogP contribution in [0, 0.1) is 11.3 Å². The van der Waals surface area contributed by atoms with E-state index in [2.05, 4.69) is 45.0 Å². The summed E-state index contributed by atoms with van der Waals surface area (Å²) in [5, 5.41) is 3.65. The Labute approximate surface area is 127 Å². The van der Waals surface area contributed by atoms with Gasteiger partial charge in [-0.1, -0.05) is 47.0 Å². The van der Waals surface area contributed by atoms with E-state index in [9.17, 15) is 0 Å². The van der Waals surface area contributed by atoms with Gasteiger partial charge in [0, 0.05) is 19.1 Å². The number of hydrogen-bond acceptors (Lipinski definition) is 2. The van der Waals surface area contributed by atoms with Gasteiger partial charge in [-0.05, 0) is 50.6 Å². The average Bonchev–Trinajstić information content (AvgIpc) is 2.39. The van der Waals surface area contributed by atoms with Crippen LogP contribution in [0.3, 0.4) is 0 Å². The van der Waals surface area contributed by atoms with E-state index in [0.717, 1.165) is 18.5 Å². The largest absolute Gasteiger partial charge is 0.316 e. The lowest BCUT2D eigenvalue weighted by Crippen LogP contribution is -2.47. The molecule has 1 saturated carbocycles. The molecule has 0 aromatic carbocycles. The first-order valence-electron chi connectivity index (χ1n) is 8.93. The predicted molar refractivity (Wildman–Crippen MR) is 90.2 cm³/mol. The monoisotopic (exact) mass is 282 g/mol. The van der Waals surface area contributed by atoms with Crippen LogP contribution in [0.15, 0.2) is 0 Å². The van der Waals surface area contributed by atoms with Gasteiger partial charge in [0.2, 0.25) is 0 Å².